The van der Waals surface area contributed by atoms with Crippen molar-refractivity contribution in [3.8, 4) is 5.75 Å². The van der Waals surface area contributed by atoms with E-state index < -0.39 is 23.7 Å². The molecule has 1 aliphatic heterocycles. The van der Waals surface area contributed by atoms with E-state index in [4.69, 9.17) is 4.74 Å². The highest BCUT2D eigenvalue weighted by Crippen LogP contribution is 2.50. The van der Waals surface area contributed by atoms with Crippen molar-refractivity contribution >= 4 is 11.6 Å². The van der Waals surface area contributed by atoms with E-state index in [2.05, 4.69) is 0 Å². The first kappa shape index (κ1) is 15.5. The lowest BCUT2D eigenvalue weighted by Gasteiger charge is -2.52. The monoisotopic (exact) mass is 315 g/mol. The summed E-state index contributed by atoms with van der Waals surface area (Å²) in [5.74, 6) is -0.0773. The van der Waals surface area contributed by atoms with Crippen LogP contribution in [-0.4, -0.2) is 29.9 Å². The van der Waals surface area contributed by atoms with Crippen LogP contribution in [0.1, 0.15) is 18.5 Å². The average molecular weight is 315 g/mol. The second-order valence-electron chi connectivity index (χ2n) is 5.63. The molecule has 0 saturated carbocycles. The highest BCUT2D eigenvalue weighted by Gasteiger charge is 2.65. The smallest absolute Gasteiger partial charge is 0.270 e. The van der Waals surface area contributed by atoms with Gasteiger partial charge in [0.1, 0.15) is 11.8 Å². The molecule has 1 saturated heterocycles. The highest BCUT2D eigenvalue weighted by molar-refractivity contribution is 6.09. The third kappa shape index (κ3) is 2.28. The molecule has 3 atom stereocenters. The fourth-order valence-electron chi connectivity index (χ4n) is 2.98. The fraction of sp³-hybridized carbons (Fsp3) is 0.278. The lowest BCUT2D eigenvalue weighted by Crippen LogP contribution is -2.70. The quantitative estimate of drug-likeness (QED) is 0.883. The van der Waals surface area contributed by atoms with Gasteiger partial charge in [-0.05, 0) is 36.8 Å². The molecule has 1 amide bonds. The van der Waals surface area contributed by atoms with Gasteiger partial charge in [0.25, 0.3) is 5.91 Å². The van der Waals surface area contributed by atoms with Crippen LogP contribution in [0.3, 0.4) is 0 Å². The predicted molar refractivity (Wildman–Crippen MR) is 85.2 cm³/mol. The minimum absolute atomic E-state index is 0.568. The number of amides is 1. The average Bonchev–Trinajstić information content (AvgIpc) is 2.59. The van der Waals surface area contributed by atoms with Crippen LogP contribution in [0, 0.1) is 0 Å². The maximum absolute atomic E-state index is 15.2. The van der Waals surface area contributed by atoms with Crippen LogP contribution < -0.4 is 9.64 Å². The molecule has 2 aromatic rings. The van der Waals surface area contributed by atoms with E-state index in [1.165, 1.54) is 11.8 Å². The van der Waals surface area contributed by atoms with Crippen LogP contribution in [0.5, 0.6) is 5.75 Å². The molecule has 0 bridgehead atoms. The van der Waals surface area contributed by atoms with E-state index in [1.807, 2.05) is 6.07 Å². The van der Waals surface area contributed by atoms with Crippen LogP contribution in [0.15, 0.2) is 54.6 Å². The summed E-state index contributed by atoms with van der Waals surface area (Å²) in [6.07, 6.45) is -1.39. The molecule has 0 spiro atoms. The van der Waals surface area contributed by atoms with Gasteiger partial charge in [0.15, 0.2) is 0 Å². The first-order valence-electron chi connectivity index (χ1n) is 7.39. The van der Waals surface area contributed by atoms with E-state index in [9.17, 15) is 9.90 Å². The Balaban J connectivity index is 2.03. The lowest BCUT2D eigenvalue weighted by molar-refractivity contribution is -0.154. The van der Waals surface area contributed by atoms with Crippen molar-refractivity contribution in [2.45, 2.75) is 24.7 Å². The first-order chi connectivity index (χ1) is 11.0. The first-order valence-corrected chi connectivity index (χ1v) is 7.39. The summed E-state index contributed by atoms with van der Waals surface area (Å²) in [6, 6.07) is 14.9. The maximum atomic E-state index is 15.2. The van der Waals surface area contributed by atoms with Crippen molar-refractivity contribution in [3.63, 3.8) is 0 Å². The molecule has 23 heavy (non-hydrogen) atoms. The Kier molecular flexibility index (Phi) is 3.82. The molecular formula is C18H18FNO3. The van der Waals surface area contributed by atoms with Crippen LogP contribution >= 0.6 is 0 Å². The number of aliphatic hydroxyl groups excluding tert-OH is 1. The number of hydrogen-bond donors (Lipinski definition) is 1. The van der Waals surface area contributed by atoms with Gasteiger partial charge in [-0.25, -0.2) is 4.39 Å². The fourth-order valence-corrected chi connectivity index (χ4v) is 2.98. The summed E-state index contributed by atoms with van der Waals surface area (Å²) >= 11 is 0. The number of nitrogens with zero attached hydrogens (tertiary/aromatic N) is 1. The van der Waals surface area contributed by atoms with Crippen LogP contribution in [0.4, 0.5) is 10.1 Å². The van der Waals surface area contributed by atoms with Crippen molar-refractivity contribution < 1.29 is 19.0 Å². The SMILES string of the molecule is COc1ccc(N2C(=O)[C@@](F)(C(C)O)[C@@H]2c2ccccc2)cc1. The zero-order valence-corrected chi connectivity index (χ0v) is 12.9. The van der Waals surface area contributed by atoms with Crippen LogP contribution in [0.2, 0.25) is 0 Å². The molecule has 3 rings (SSSR count). The van der Waals surface area contributed by atoms with E-state index in [-0.39, 0.29) is 0 Å². The van der Waals surface area contributed by atoms with Crippen molar-refractivity contribution in [1.82, 2.24) is 0 Å². The van der Waals surface area contributed by atoms with Gasteiger partial charge in [-0.1, -0.05) is 30.3 Å². The van der Waals surface area contributed by atoms with Gasteiger partial charge in [0.2, 0.25) is 5.67 Å². The normalized spacial score (nSPS) is 25.0. The molecule has 5 heteroatoms. The Morgan fingerprint density at radius 2 is 1.78 bits per heavy atom. The molecule has 1 aliphatic rings. The topological polar surface area (TPSA) is 49.8 Å². The van der Waals surface area contributed by atoms with E-state index in [1.54, 1.807) is 55.6 Å². The number of alkyl halides is 1. The molecule has 120 valence electrons. The minimum Gasteiger partial charge on any atom is -0.497 e. The Labute approximate surface area is 134 Å². The number of β-lactam (4-membered cyclic amide) rings is 1. The number of rotatable bonds is 4. The summed E-state index contributed by atoms with van der Waals surface area (Å²) in [4.78, 5) is 13.8. The number of hydrogen-bond acceptors (Lipinski definition) is 3. The highest BCUT2D eigenvalue weighted by atomic mass is 19.1. The third-order valence-corrected chi connectivity index (χ3v) is 4.28. The van der Waals surface area contributed by atoms with E-state index >= 15 is 4.39 Å². The molecule has 2 aromatic carbocycles. The summed E-state index contributed by atoms with van der Waals surface area (Å²) in [5.41, 5.74) is -1.11. The molecular weight excluding hydrogens is 297 g/mol. The molecule has 4 nitrogen and oxygen atoms in total. The molecule has 1 fully saturated rings. The van der Waals surface area contributed by atoms with E-state index in [0.717, 1.165) is 0 Å². The Bertz CT molecular complexity index is 702. The van der Waals surface area contributed by atoms with Crippen molar-refractivity contribution in [2.75, 3.05) is 12.0 Å². The minimum atomic E-state index is -2.32. The standard InChI is InChI=1S/C18H18FNO3/c1-12(21)18(19)16(13-6-4-3-5-7-13)20(17(18)22)14-8-10-15(23-2)11-9-14/h3-12,16,21H,1-2H3/t12?,16-,18+/m0/s1. The molecule has 0 aliphatic carbocycles. The van der Waals surface area contributed by atoms with Gasteiger partial charge >= 0.3 is 0 Å². The van der Waals surface area contributed by atoms with Crippen molar-refractivity contribution in [2.24, 2.45) is 0 Å². The third-order valence-electron chi connectivity index (χ3n) is 4.28. The number of anilines is 1. The number of ether oxygens (including phenoxy) is 1. The molecule has 0 radical (unpaired) electrons. The Morgan fingerprint density at radius 3 is 2.30 bits per heavy atom. The second-order valence-corrected chi connectivity index (χ2v) is 5.63. The number of carbonyl (C=O) groups is 1. The van der Waals surface area contributed by atoms with Crippen LogP contribution in [0.25, 0.3) is 0 Å². The zero-order valence-electron chi connectivity index (χ0n) is 12.9. The van der Waals surface area contributed by atoms with Gasteiger partial charge < -0.3 is 9.84 Å². The van der Waals surface area contributed by atoms with Gasteiger partial charge in [-0.15, -0.1) is 0 Å². The Hall–Kier alpha value is -2.40. The predicted octanol–water partition coefficient (Wildman–Crippen LogP) is 2.87. The number of benzene rings is 2. The van der Waals surface area contributed by atoms with Gasteiger partial charge in [-0.3, -0.25) is 9.69 Å². The second kappa shape index (κ2) is 5.66. The van der Waals surface area contributed by atoms with Gasteiger partial charge in [0.05, 0.1) is 13.2 Å². The summed E-state index contributed by atoms with van der Waals surface area (Å²) < 4.78 is 20.3. The largest absolute Gasteiger partial charge is 0.497 e. The van der Waals surface area contributed by atoms with Crippen molar-refractivity contribution in [1.29, 1.82) is 0 Å². The number of aliphatic hydroxyl groups is 1. The molecule has 1 unspecified atom stereocenters. The zero-order chi connectivity index (χ0) is 16.6. The van der Waals surface area contributed by atoms with Crippen molar-refractivity contribution in [3.05, 3.63) is 60.2 Å². The lowest BCUT2D eigenvalue weighted by atomic mass is 9.76. The number of carbonyl (C=O) groups excluding carboxylic acids is 1. The number of halogens is 1. The van der Waals surface area contributed by atoms with Crippen LogP contribution in [-0.2, 0) is 4.79 Å². The molecule has 1 N–H and O–H groups in total. The molecule has 0 aromatic heterocycles. The number of methoxy groups -OCH3 is 1. The molecule has 1 heterocycles. The van der Waals surface area contributed by atoms with Gasteiger partial charge in [0, 0.05) is 5.69 Å². The summed E-state index contributed by atoms with van der Waals surface area (Å²) in [7, 11) is 1.55. The maximum Gasteiger partial charge on any atom is 0.270 e. The van der Waals surface area contributed by atoms with E-state index in [0.29, 0.717) is 17.0 Å². The Morgan fingerprint density at radius 1 is 1.17 bits per heavy atom. The summed E-state index contributed by atoms with van der Waals surface area (Å²) in [6.45, 7) is 1.30. The van der Waals surface area contributed by atoms with Gasteiger partial charge in [-0.2, -0.15) is 0 Å². The summed E-state index contributed by atoms with van der Waals surface area (Å²) in [5, 5.41) is 9.84.